The van der Waals surface area contributed by atoms with Gasteiger partial charge in [-0.15, -0.1) is 0 Å². The molecular formula is C12H16O3. The molecule has 0 spiro atoms. The normalized spacial score (nSPS) is 39.9. The van der Waals surface area contributed by atoms with Gasteiger partial charge < -0.3 is 9.47 Å². The minimum Gasteiger partial charge on any atom is -0.494 e. The standard InChI is InChI=1S/C12H16O3/c13-12-9(5-6-14-12)11-7-8-3-1-2-4-10(8)15-11/h8,10H,1-7H2/b11-9-/t8-,10+/m0/s1. The Hall–Kier alpha value is -0.990. The minimum atomic E-state index is -0.149. The fourth-order valence-corrected chi connectivity index (χ4v) is 2.91. The maximum Gasteiger partial charge on any atom is 0.337 e. The lowest BCUT2D eigenvalue weighted by atomic mass is 9.86. The average molecular weight is 208 g/mol. The number of rotatable bonds is 0. The molecule has 0 radical (unpaired) electrons. The SMILES string of the molecule is O=C1OCC/C1=C1\C[C@@H]2CCCC[C@H]2O1. The number of hydrogen-bond acceptors (Lipinski definition) is 3. The van der Waals surface area contributed by atoms with Gasteiger partial charge in [0.2, 0.25) is 0 Å². The van der Waals surface area contributed by atoms with E-state index in [1.165, 1.54) is 19.3 Å². The quantitative estimate of drug-likeness (QED) is 0.452. The van der Waals surface area contributed by atoms with Crippen molar-refractivity contribution in [3.63, 3.8) is 0 Å². The van der Waals surface area contributed by atoms with Gasteiger partial charge in [0.25, 0.3) is 0 Å². The van der Waals surface area contributed by atoms with E-state index in [9.17, 15) is 4.79 Å². The molecule has 2 atom stereocenters. The second kappa shape index (κ2) is 3.54. The van der Waals surface area contributed by atoms with Crippen molar-refractivity contribution >= 4 is 5.97 Å². The number of carbonyl (C=O) groups excluding carboxylic acids is 1. The van der Waals surface area contributed by atoms with Gasteiger partial charge in [-0.3, -0.25) is 0 Å². The highest BCUT2D eigenvalue weighted by Crippen LogP contribution is 2.41. The molecule has 2 saturated heterocycles. The maximum atomic E-state index is 11.4. The number of allylic oxidation sites excluding steroid dienone is 1. The van der Waals surface area contributed by atoms with Crippen molar-refractivity contribution in [2.75, 3.05) is 6.61 Å². The van der Waals surface area contributed by atoms with Gasteiger partial charge in [-0.2, -0.15) is 0 Å². The molecule has 0 aromatic carbocycles. The molecule has 0 unspecified atom stereocenters. The summed E-state index contributed by atoms with van der Waals surface area (Å²) in [5.74, 6) is 1.45. The van der Waals surface area contributed by atoms with Crippen molar-refractivity contribution in [3.05, 3.63) is 11.3 Å². The van der Waals surface area contributed by atoms with Gasteiger partial charge in [0, 0.05) is 18.8 Å². The Morgan fingerprint density at radius 1 is 1.20 bits per heavy atom. The molecule has 0 aromatic heterocycles. The van der Waals surface area contributed by atoms with Gasteiger partial charge in [0.15, 0.2) is 0 Å². The smallest absolute Gasteiger partial charge is 0.337 e. The van der Waals surface area contributed by atoms with Crippen molar-refractivity contribution in [2.45, 2.75) is 44.6 Å². The first kappa shape index (κ1) is 9.25. The Labute approximate surface area is 89.4 Å². The summed E-state index contributed by atoms with van der Waals surface area (Å²) < 4.78 is 10.9. The second-order valence-electron chi connectivity index (χ2n) is 4.69. The molecule has 3 aliphatic rings. The lowest BCUT2D eigenvalue weighted by molar-refractivity contribution is -0.135. The molecular weight excluding hydrogens is 192 g/mol. The van der Waals surface area contributed by atoms with Crippen molar-refractivity contribution in [1.29, 1.82) is 0 Å². The summed E-state index contributed by atoms with van der Waals surface area (Å²) in [6, 6.07) is 0. The third-order valence-corrected chi connectivity index (χ3v) is 3.75. The fourth-order valence-electron chi connectivity index (χ4n) is 2.91. The topological polar surface area (TPSA) is 35.5 Å². The van der Waals surface area contributed by atoms with E-state index in [4.69, 9.17) is 9.47 Å². The molecule has 3 rings (SSSR count). The average Bonchev–Trinajstić information content (AvgIpc) is 2.82. The van der Waals surface area contributed by atoms with Crippen LogP contribution < -0.4 is 0 Å². The van der Waals surface area contributed by atoms with Crippen LogP contribution in [0.4, 0.5) is 0 Å². The first-order valence-electron chi connectivity index (χ1n) is 5.90. The van der Waals surface area contributed by atoms with E-state index in [1.807, 2.05) is 0 Å². The third-order valence-electron chi connectivity index (χ3n) is 3.75. The first-order chi connectivity index (χ1) is 7.34. The summed E-state index contributed by atoms with van der Waals surface area (Å²) in [6.07, 6.45) is 7.11. The van der Waals surface area contributed by atoms with Crippen LogP contribution in [-0.2, 0) is 14.3 Å². The Morgan fingerprint density at radius 2 is 2.07 bits per heavy atom. The molecule has 3 heteroatoms. The number of esters is 1. The summed E-state index contributed by atoms with van der Waals surface area (Å²) in [4.78, 5) is 11.4. The van der Waals surface area contributed by atoms with Crippen LogP contribution in [0, 0.1) is 5.92 Å². The Bertz CT molecular complexity index is 303. The highest BCUT2D eigenvalue weighted by molar-refractivity contribution is 5.90. The highest BCUT2D eigenvalue weighted by atomic mass is 16.5. The molecule has 3 fully saturated rings. The zero-order valence-electron chi connectivity index (χ0n) is 8.83. The Balaban J connectivity index is 1.82. The number of cyclic esters (lactones) is 1. The zero-order valence-corrected chi connectivity index (χ0v) is 8.83. The molecule has 2 heterocycles. The summed E-state index contributed by atoms with van der Waals surface area (Å²) >= 11 is 0. The van der Waals surface area contributed by atoms with Crippen LogP contribution in [0.25, 0.3) is 0 Å². The van der Waals surface area contributed by atoms with Crippen molar-refractivity contribution in [3.8, 4) is 0 Å². The molecule has 0 amide bonds. The van der Waals surface area contributed by atoms with Crippen molar-refractivity contribution < 1.29 is 14.3 Å². The first-order valence-corrected chi connectivity index (χ1v) is 5.90. The van der Waals surface area contributed by atoms with Crippen molar-refractivity contribution in [1.82, 2.24) is 0 Å². The van der Waals surface area contributed by atoms with Crippen LogP contribution in [0.3, 0.4) is 0 Å². The molecule has 2 aliphatic heterocycles. The third kappa shape index (κ3) is 1.54. The number of carbonyl (C=O) groups is 1. The van der Waals surface area contributed by atoms with Gasteiger partial charge in [0.05, 0.1) is 12.2 Å². The van der Waals surface area contributed by atoms with Crippen LogP contribution in [0.2, 0.25) is 0 Å². The number of fused-ring (bicyclic) bond motifs is 1. The van der Waals surface area contributed by atoms with Crippen LogP contribution in [0.15, 0.2) is 11.3 Å². The van der Waals surface area contributed by atoms with E-state index in [2.05, 4.69) is 0 Å². The molecule has 82 valence electrons. The molecule has 0 bridgehead atoms. The lowest BCUT2D eigenvalue weighted by Crippen LogP contribution is -2.19. The monoisotopic (exact) mass is 208 g/mol. The number of ether oxygens (including phenoxy) is 2. The molecule has 0 N–H and O–H groups in total. The summed E-state index contributed by atoms with van der Waals surface area (Å²) in [5.41, 5.74) is 0.810. The summed E-state index contributed by atoms with van der Waals surface area (Å²) in [6.45, 7) is 0.538. The van der Waals surface area contributed by atoms with Gasteiger partial charge in [0.1, 0.15) is 11.9 Å². The second-order valence-corrected chi connectivity index (χ2v) is 4.69. The minimum absolute atomic E-state index is 0.149. The number of hydrogen-bond donors (Lipinski definition) is 0. The van der Waals surface area contributed by atoms with Crippen LogP contribution in [-0.4, -0.2) is 18.7 Å². The van der Waals surface area contributed by atoms with Crippen LogP contribution in [0.1, 0.15) is 38.5 Å². The van der Waals surface area contributed by atoms with E-state index in [1.54, 1.807) is 0 Å². The van der Waals surface area contributed by atoms with E-state index in [0.29, 0.717) is 18.6 Å². The van der Waals surface area contributed by atoms with E-state index >= 15 is 0 Å². The van der Waals surface area contributed by atoms with E-state index < -0.39 is 0 Å². The molecule has 1 aliphatic carbocycles. The molecule has 1 saturated carbocycles. The molecule has 0 aromatic rings. The Morgan fingerprint density at radius 3 is 2.80 bits per heavy atom. The van der Waals surface area contributed by atoms with Gasteiger partial charge in [-0.25, -0.2) is 4.79 Å². The highest BCUT2D eigenvalue weighted by Gasteiger charge is 2.37. The predicted molar refractivity (Wildman–Crippen MR) is 54.1 cm³/mol. The van der Waals surface area contributed by atoms with Gasteiger partial charge >= 0.3 is 5.97 Å². The molecule has 3 nitrogen and oxygen atoms in total. The van der Waals surface area contributed by atoms with Gasteiger partial charge in [-0.1, -0.05) is 6.42 Å². The maximum absolute atomic E-state index is 11.4. The molecule has 15 heavy (non-hydrogen) atoms. The van der Waals surface area contributed by atoms with Crippen LogP contribution in [0.5, 0.6) is 0 Å². The van der Waals surface area contributed by atoms with E-state index in [-0.39, 0.29) is 5.97 Å². The zero-order chi connectivity index (χ0) is 10.3. The lowest BCUT2D eigenvalue weighted by Gasteiger charge is -2.22. The van der Waals surface area contributed by atoms with E-state index in [0.717, 1.165) is 30.6 Å². The summed E-state index contributed by atoms with van der Waals surface area (Å²) in [5, 5.41) is 0. The predicted octanol–water partition coefficient (Wildman–Crippen LogP) is 2.17. The Kier molecular flexibility index (Phi) is 2.19. The van der Waals surface area contributed by atoms with Gasteiger partial charge in [-0.05, 0) is 19.3 Å². The van der Waals surface area contributed by atoms with Crippen LogP contribution >= 0.6 is 0 Å². The largest absolute Gasteiger partial charge is 0.494 e. The summed E-state index contributed by atoms with van der Waals surface area (Å²) in [7, 11) is 0. The fraction of sp³-hybridized carbons (Fsp3) is 0.750. The van der Waals surface area contributed by atoms with Crippen molar-refractivity contribution in [2.24, 2.45) is 5.92 Å².